The lowest BCUT2D eigenvalue weighted by Gasteiger charge is -2.34. The molecule has 0 aromatic heterocycles. The number of rotatable bonds is 4. The lowest BCUT2D eigenvalue weighted by atomic mass is 9.89. The summed E-state index contributed by atoms with van der Waals surface area (Å²) in [6.07, 6.45) is 0.520. The SMILES string of the molecule is N#Cc1ccc(NC2(C(=O)O)CCOCC2)cc1[N+](=O)[O-]. The fourth-order valence-electron chi connectivity index (χ4n) is 2.24. The van der Waals surface area contributed by atoms with Gasteiger partial charge in [0.1, 0.15) is 17.2 Å². The van der Waals surface area contributed by atoms with E-state index in [0.29, 0.717) is 18.9 Å². The van der Waals surface area contributed by atoms with Gasteiger partial charge in [-0.2, -0.15) is 5.26 Å². The summed E-state index contributed by atoms with van der Waals surface area (Å²) in [5.41, 5.74) is -1.33. The summed E-state index contributed by atoms with van der Waals surface area (Å²) in [6, 6.07) is 5.68. The molecule has 0 atom stereocenters. The van der Waals surface area contributed by atoms with E-state index in [9.17, 15) is 20.0 Å². The highest BCUT2D eigenvalue weighted by atomic mass is 16.6. The topological polar surface area (TPSA) is 125 Å². The van der Waals surface area contributed by atoms with Gasteiger partial charge in [-0.1, -0.05) is 0 Å². The summed E-state index contributed by atoms with van der Waals surface area (Å²) in [5.74, 6) is -1.03. The minimum absolute atomic E-state index is 0.0677. The third-order valence-electron chi connectivity index (χ3n) is 3.45. The average Bonchev–Trinajstić information content (AvgIpc) is 2.48. The molecule has 1 aromatic carbocycles. The predicted molar refractivity (Wildman–Crippen MR) is 71.9 cm³/mol. The zero-order valence-corrected chi connectivity index (χ0v) is 11.0. The van der Waals surface area contributed by atoms with E-state index < -0.39 is 16.4 Å². The first-order chi connectivity index (χ1) is 9.98. The summed E-state index contributed by atoms with van der Waals surface area (Å²) < 4.78 is 5.16. The fourth-order valence-corrected chi connectivity index (χ4v) is 2.24. The third kappa shape index (κ3) is 2.93. The maximum atomic E-state index is 11.5. The summed E-state index contributed by atoms with van der Waals surface area (Å²) in [7, 11) is 0. The van der Waals surface area contributed by atoms with Gasteiger partial charge in [0.25, 0.3) is 5.69 Å². The highest BCUT2D eigenvalue weighted by Crippen LogP contribution is 2.29. The van der Waals surface area contributed by atoms with E-state index >= 15 is 0 Å². The van der Waals surface area contributed by atoms with Crippen LogP contribution >= 0.6 is 0 Å². The fraction of sp³-hybridized carbons (Fsp3) is 0.385. The molecule has 1 fully saturated rings. The van der Waals surface area contributed by atoms with Gasteiger partial charge < -0.3 is 15.2 Å². The first kappa shape index (κ1) is 14.7. The van der Waals surface area contributed by atoms with E-state index in [1.165, 1.54) is 18.2 Å². The van der Waals surface area contributed by atoms with Crippen LogP contribution in [0.25, 0.3) is 0 Å². The Kier molecular flexibility index (Phi) is 4.05. The Bertz CT molecular complexity index is 617. The third-order valence-corrected chi connectivity index (χ3v) is 3.45. The number of nitro benzene ring substituents is 1. The Morgan fingerprint density at radius 2 is 2.14 bits per heavy atom. The van der Waals surface area contributed by atoms with Gasteiger partial charge in [-0.05, 0) is 12.1 Å². The van der Waals surface area contributed by atoms with Crippen LogP contribution in [0.5, 0.6) is 0 Å². The summed E-state index contributed by atoms with van der Waals surface area (Å²) in [5, 5.41) is 32.0. The van der Waals surface area contributed by atoms with Gasteiger partial charge in [0.2, 0.25) is 0 Å². The lowest BCUT2D eigenvalue weighted by Crippen LogP contribution is -2.50. The van der Waals surface area contributed by atoms with Crippen LogP contribution in [-0.4, -0.2) is 34.8 Å². The Morgan fingerprint density at radius 1 is 1.48 bits per heavy atom. The van der Waals surface area contributed by atoms with Gasteiger partial charge in [0.15, 0.2) is 0 Å². The van der Waals surface area contributed by atoms with Crippen molar-refractivity contribution in [3.05, 3.63) is 33.9 Å². The molecule has 0 aliphatic carbocycles. The molecule has 0 saturated carbocycles. The summed E-state index contributed by atoms with van der Waals surface area (Å²) in [6.45, 7) is 0.606. The van der Waals surface area contributed by atoms with Gasteiger partial charge in [-0.25, -0.2) is 4.79 Å². The molecule has 0 bridgehead atoms. The Hall–Kier alpha value is -2.66. The second-order valence-corrected chi connectivity index (χ2v) is 4.73. The van der Waals surface area contributed by atoms with Crippen molar-refractivity contribution >= 4 is 17.3 Å². The number of hydrogen-bond acceptors (Lipinski definition) is 6. The number of benzene rings is 1. The van der Waals surface area contributed by atoms with E-state index in [1.807, 2.05) is 0 Å². The average molecular weight is 291 g/mol. The number of carbonyl (C=O) groups is 1. The number of nitrogens with one attached hydrogen (secondary N) is 1. The van der Waals surface area contributed by atoms with E-state index in [0.717, 1.165) is 0 Å². The van der Waals surface area contributed by atoms with Crippen molar-refractivity contribution in [1.29, 1.82) is 5.26 Å². The van der Waals surface area contributed by atoms with Crippen LogP contribution in [0.4, 0.5) is 11.4 Å². The maximum Gasteiger partial charge on any atom is 0.329 e. The van der Waals surface area contributed by atoms with Crippen LogP contribution in [0.1, 0.15) is 18.4 Å². The Balaban J connectivity index is 2.34. The monoisotopic (exact) mass is 291 g/mol. The molecule has 0 radical (unpaired) electrons. The van der Waals surface area contributed by atoms with Gasteiger partial charge in [-0.3, -0.25) is 10.1 Å². The molecule has 8 nitrogen and oxygen atoms in total. The number of carboxylic acids is 1. The Morgan fingerprint density at radius 3 is 2.67 bits per heavy atom. The lowest BCUT2D eigenvalue weighted by molar-refractivity contribution is -0.385. The number of aliphatic carboxylic acids is 1. The summed E-state index contributed by atoms with van der Waals surface area (Å²) in [4.78, 5) is 21.8. The molecule has 110 valence electrons. The number of anilines is 1. The first-order valence-corrected chi connectivity index (χ1v) is 6.26. The predicted octanol–water partition coefficient (Wildman–Crippen LogP) is 1.51. The standard InChI is InChI=1S/C13H13N3O5/c14-8-9-1-2-10(7-11(9)16(19)20)15-13(12(17)18)3-5-21-6-4-13/h1-2,7,15H,3-6H2,(H,17,18). The molecule has 21 heavy (non-hydrogen) atoms. The zero-order chi connectivity index (χ0) is 15.5. The number of nitro groups is 1. The molecule has 1 aromatic rings. The van der Waals surface area contributed by atoms with Crippen molar-refractivity contribution in [2.24, 2.45) is 0 Å². The minimum atomic E-state index is -1.21. The van der Waals surface area contributed by atoms with E-state index in [1.54, 1.807) is 6.07 Å². The molecule has 8 heteroatoms. The Labute approximate surface area is 120 Å². The van der Waals surface area contributed by atoms with Crippen LogP contribution in [0.2, 0.25) is 0 Å². The molecule has 2 rings (SSSR count). The summed E-state index contributed by atoms with van der Waals surface area (Å²) >= 11 is 0. The van der Waals surface area contributed by atoms with Gasteiger partial charge >= 0.3 is 5.97 Å². The van der Waals surface area contributed by atoms with Crippen molar-refractivity contribution in [2.45, 2.75) is 18.4 Å². The zero-order valence-electron chi connectivity index (χ0n) is 11.0. The molecule has 1 aliphatic rings. The first-order valence-electron chi connectivity index (χ1n) is 6.26. The van der Waals surface area contributed by atoms with Crippen molar-refractivity contribution in [3.63, 3.8) is 0 Å². The van der Waals surface area contributed by atoms with Crippen molar-refractivity contribution in [2.75, 3.05) is 18.5 Å². The van der Waals surface area contributed by atoms with Crippen molar-refractivity contribution < 1.29 is 19.6 Å². The number of hydrogen-bond donors (Lipinski definition) is 2. The van der Waals surface area contributed by atoms with E-state index in [2.05, 4.69) is 5.32 Å². The van der Waals surface area contributed by atoms with Crippen molar-refractivity contribution in [1.82, 2.24) is 0 Å². The molecule has 0 amide bonds. The molecule has 0 spiro atoms. The largest absolute Gasteiger partial charge is 0.480 e. The van der Waals surface area contributed by atoms with Crippen LogP contribution in [0.15, 0.2) is 18.2 Å². The van der Waals surface area contributed by atoms with Crippen LogP contribution in [0.3, 0.4) is 0 Å². The molecule has 2 N–H and O–H groups in total. The van der Waals surface area contributed by atoms with Gasteiger partial charge in [-0.15, -0.1) is 0 Å². The number of carboxylic acid groups (broad SMARTS) is 1. The molecular weight excluding hydrogens is 278 g/mol. The second kappa shape index (κ2) is 5.76. The van der Waals surface area contributed by atoms with Gasteiger partial charge in [0, 0.05) is 37.8 Å². The quantitative estimate of drug-likeness (QED) is 0.636. The minimum Gasteiger partial charge on any atom is -0.480 e. The molecule has 1 heterocycles. The molecule has 0 unspecified atom stereocenters. The number of ether oxygens (including phenoxy) is 1. The van der Waals surface area contributed by atoms with Crippen LogP contribution in [-0.2, 0) is 9.53 Å². The second-order valence-electron chi connectivity index (χ2n) is 4.73. The van der Waals surface area contributed by atoms with E-state index in [-0.39, 0.29) is 24.1 Å². The number of nitriles is 1. The normalized spacial score (nSPS) is 16.7. The highest BCUT2D eigenvalue weighted by Gasteiger charge is 2.40. The maximum absolute atomic E-state index is 11.5. The van der Waals surface area contributed by atoms with E-state index in [4.69, 9.17) is 10.00 Å². The van der Waals surface area contributed by atoms with Crippen LogP contribution < -0.4 is 5.32 Å². The van der Waals surface area contributed by atoms with Crippen molar-refractivity contribution in [3.8, 4) is 6.07 Å². The highest BCUT2D eigenvalue weighted by molar-refractivity contribution is 5.83. The molecule has 1 aliphatic heterocycles. The smallest absolute Gasteiger partial charge is 0.329 e. The number of nitrogens with zero attached hydrogens (tertiary/aromatic N) is 2. The molecular formula is C13H13N3O5. The molecule has 1 saturated heterocycles. The van der Waals surface area contributed by atoms with Crippen LogP contribution in [0, 0.1) is 21.4 Å². The van der Waals surface area contributed by atoms with Gasteiger partial charge in [0.05, 0.1) is 4.92 Å².